The van der Waals surface area contributed by atoms with Gasteiger partial charge in [0.2, 0.25) is 0 Å². The molecule has 3 fully saturated rings. The van der Waals surface area contributed by atoms with Crippen molar-refractivity contribution in [3.05, 3.63) is 71.8 Å². The molecular formula is C26H32O6. The van der Waals surface area contributed by atoms with E-state index in [1.807, 2.05) is 64.1 Å². The summed E-state index contributed by atoms with van der Waals surface area (Å²) in [5.74, 6) is -1.49. The lowest BCUT2D eigenvalue weighted by atomic mass is 9.84. The van der Waals surface area contributed by atoms with Crippen molar-refractivity contribution in [3.8, 4) is 0 Å². The standard InChI is InChI=1S/C26H32O6/c1-25(2)29-21-19(27-15-17-11-7-5-8-12-17)23-24(32-26(3,4)31-23)20(22(21)30-25)28-16-18-13-9-6-10-14-18/h5-14,19-24H,15-16H2,1-4H3. The maximum atomic E-state index is 6.43. The molecule has 0 aromatic heterocycles. The van der Waals surface area contributed by atoms with E-state index in [1.54, 1.807) is 0 Å². The molecular weight excluding hydrogens is 408 g/mol. The monoisotopic (exact) mass is 440 g/mol. The SMILES string of the molecule is CC1(C)OC2C(OCc3ccccc3)C3OC(C)(C)OC3C(OCc3ccccc3)C2O1. The Morgan fingerprint density at radius 3 is 1.19 bits per heavy atom. The Morgan fingerprint density at radius 1 is 0.562 bits per heavy atom. The first-order valence-electron chi connectivity index (χ1n) is 11.3. The van der Waals surface area contributed by atoms with Gasteiger partial charge in [0.15, 0.2) is 11.6 Å². The number of hydrogen-bond donors (Lipinski definition) is 0. The summed E-state index contributed by atoms with van der Waals surface area (Å²) in [4.78, 5) is 0. The van der Waals surface area contributed by atoms with Crippen LogP contribution in [0, 0.1) is 0 Å². The Hall–Kier alpha value is -1.80. The molecule has 1 saturated carbocycles. The molecule has 4 atom stereocenters. The minimum Gasteiger partial charge on any atom is -0.368 e. The van der Waals surface area contributed by atoms with Gasteiger partial charge in [0.05, 0.1) is 13.2 Å². The molecule has 1 aliphatic carbocycles. The largest absolute Gasteiger partial charge is 0.368 e. The highest BCUT2D eigenvalue weighted by Gasteiger charge is 2.64. The summed E-state index contributed by atoms with van der Waals surface area (Å²) in [5, 5.41) is 0. The van der Waals surface area contributed by atoms with Crippen molar-refractivity contribution >= 4 is 0 Å². The van der Waals surface area contributed by atoms with Crippen LogP contribution in [0.4, 0.5) is 0 Å². The summed E-state index contributed by atoms with van der Waals surface area (Å²) in [5.41, 5.74) is 2.19. The van der Waals surface area contributed by atoms with Gasteiger partial charge < -0.3 is 28.4 Å². The molecule has 6 nitrogen and oxygen atoms in total. The maximum Gasteiger partial charge on any atom is 0.164 e. The van der Waals surface area contributed by atoms with E-state index in [2.05, 4.69) is 24.3 Å². The third-order valence-electron chi connectivity index (χ3n) is 6.19. The Balaban J connectivity index is 1.41. The van der Waals surface area contributed by atoms with E-state index in [-0.39, 0.29) is 36.6 Å². The average Bonchev–Trinajstić information content (AvgIpc) is 3.26. The molecule has 5 rings (SSSR count). The van der Waals surface area contributed by atoms with Crippen LogP contribution in [-0.4, -0.2) is 48.2 Å². The zero-order chi connectivity index (χ0) is 22.3. The van der Waals surface area contributed by atoms with Crippen molar-refractivity contribution in [2.24, 2.45) is 0 Å². The first-order valence-corrected chi connectivity index (χ1v) is 11.3. The molecule has 2 aromatic rings. The van der Waals surface area contributed by atoms with E-state index < -0.39 is 11.6 Å². The molecule has 0 amide bonds. The van der Waals surface area contributed by atoms with E-state index in [9.17, 15) is 0 Å². The molecule has 0 N–H and O–H groups in total. The quantitative estimate of drug-likeness (QED) is 0.671. The van der Waals surface area contributed by atoms with Gasteiger partial charge in [-0.25, -0.2) is 0 Å². The molecule has 0 radical (unpaired) electrons. The van der Waals surface area contributed by atoms with E-state index in [0.29, 0.717) is 13.2 Å². The summed E-state index contributed by atoms with van der Waals surface area (Å²) in [7, 11) is 0. The second kappa shape index (κ2) is 8.52. The van der Waals surface area contributed by atoms with Crippen molar-refractivity contribution in [3.63, 3.8) is 0 Å². The van der Waals surface area contributed by atoms with Crippen LogP contribution in [0.2, 0.25) is 0 Å². The summed E-state index contributed by atoms with van der Waals surface area (Å²) < 4.78 is 38.3. The van der Waals surface area contributed by atoms with Crippen LogP contribution in [0.5, 0.6) is 0 Å². The van der Waals surface area contributed by atoms with Gasteiger partial charge in [0.1, 0.15) is 36.6 Å². The van der Waals surface area contributed by atoms with Crippen LogP contribution >= 0.6 is 0 Å². The molecule has 3 aliphatic rings. The molecule has 172 valence electrons. The van der Waals surface area contributed by atoms with Crippen LogP contribution < -0.4 is 0 Å². The highest BCUT2D eigenvalue weighted by atomic mass is 16.8. The van der Waals surface area contributed by atoms with E-state index >= 15 is 0 Å². The minimum atomic E-state index is -0.744. The van der Waals surface area contributed by atoms with Gasteiger partial charge >= 0.3 is 0 Å². The molecule has 2 saturated heterocycles. The van der Waals surface area contributed by atoms with Gasteiger partial charge in [-0.1, -0.05) is 60.7 Å². The van der Waals surface area contributed by atoms with Crippen molar-refractivity contribution in [1.82, 2.24) is 0 Å². The summed E-state index contributed by atoms with van der Waals surface area (Å²) in [6.45, 7) is 8.62. The fraction of sp³-hybridized carbons (Fsp3) is 0.538. The van der Waals surface area contributed by atoms with E-state index in [1.165, 1.54) is 0 Å². The maximum absolute atomic E-state index is 6.43. The highest BCUT2D eigenvalue weighted by Crippen LogP contribution is 2.46. The van der Waals surface area contributed by atoms with Gasteiger partial charge in [-0.2, -0.15) is 0 Å². The van der Waals surface area contributed by atoms with Gasteiger partial charge in [0.25, 0.3) is 0 Å². The molecule has 0 spiro atoms. The molecule has 2 heterocycles. The van der Waals surface area contributed by atoms with Gasteiger partial charge in [0, 0.05) is 0 Å². The average molecular weight is 441 g/mol. The summed E-state index contributed by atoms with van der Waals surface area (Å²) >= 11 is 0. The van der Waals surface area contributed by atoms with Crippen molar-refractivity contribution < 1.29 is 28.4 Å². The zero-order valence-corrected chi connectivity index (χ0v) is 19.1. The molecule has 2 aliphatic heterocycles. The zero-order valence-electron chi connectivity index (χ0n) is 19.1. The van der Waals surface area contributed by atoms with Crippen molar-refractivity contribution in [2.45, 2.75) is 89.1 Å². The Morgan fingerprint density at radius 2 is 0.875 bits per heavy atom. The number of ether oxygens (including phenoxy) is 6. The van der Waals surface area contributed by atoms with Gasteiger partial charge in [-0.15, -0.1) is 0 Å². The summed E-state index contributed by atoms with van der Waals surface area (Å²) in [6, 6.07) is 20.2. The van der Waals surface area contributed by atoms with Crippen molar-refractivity contribution in [2.75, 3.05) is 0 Å². The topological polar surface area (TPSA) is 55.4 Å². The van der Waals surface area contributed by atoms with Crippen LogP contribution in [-0.2, 0) is 41.6 Å². The Labute approximate surface area is 189 Å². The normalized spacial score (nSPS) is 34.8. The summed E-state index contributed by atoms with van der Waals surface area (Å²) in [6.07, 6.45) is -1.99. The molecule has 6 heteroatoms. The van der Waals surface area contributed by atoms with Gasteiger partial charge in [-0.05, 0) is 38.8 Å². The second-order valence-corrected chi connectivity index (χ2v) is 9.65. The molecule has 0 bridgehead atoms. The van der Waals surface area contributed by atoms with Crippen LogP contribution in [0.15, 0.2) is 60.7 Å². The fourth-order valence-electron chi connectivity index (χ4n) is 4.94. The first kappa shape index (κ1) is 22.0. The Bertz CT molecular complexity index is 796. The third-order valence-corrected chi connectivity index (χ3v) is 6.19. The third kappa shape index (κ3) is 4.49. The predicted octanol–water partition coefficient (Wildman–Crippen LogP) is 4.21. The number of rotatable bonds is 6. The molecule has 4 unspecified atom stereocenters. The smallest absolute Gasteiger partial charge is 0.164 e. The lowest BCUT2D eigenvalue weighted by Gasteiger charge is -2.42. The Kier molecular flexibility index (Phi) is 5.86. The number of benzene rings is 2. The van der Waals surface area contributed by atoms with Crippen LogP contribution in [0.3, 0.4) is 0 Å². The first-order chi connectivity index (χ1) is 15.3. The molecule has 2 aromatic carbocycles. The van der Waals surface area contributed by atoms with Gasteiger partial charge in [-0.3, -0.25) is 0 Å². The second-order valence-electron chi connectivity index (χ2n) is 9.65. The lowest BCUT2D eigenvalue weighted by molar-refractivity contribution is -0.191. The van der Waals surface area contributed by atoms with E-state index in [4.69, 9.17) is 28.4 Å². The number of hydrogen-bond acceptors (Lipinski definition) is 6. The van der Waals surface area contributed by atoms with Crippen molar-refractivity contribution in [1.29, 1.82) is 0 Å². The van der Waals surface area contributed by atoms with E-state index in [0.717, 1.165) is 11.1 Å². The molecule has 32 heavy (non-hydrogen) atoms. The highest BCUT2D eigenvalue weighted by molar-refractivity contribution is 5.16. The predicted molar refractivity (Wildman–Crippen MR) is 118 cm³/mol. The number of fused-ring (bicyclic) bond motifs is 2. The van der Waals surface area contributed by atoms with Crippen LogP contribution in [0.1, 0.15) is 38.8 Å². The van der Waals surface area contributed by atoms with Crippen LogP contribution in [0.25, 0.3) is 0 Å². The fourth-order valence-corrected chi connectivity index (χ4v) is 4.94. The minimum absolute atomic E-state index is 0.326. The lowest BCUT2D eigenvalue weighted by Crippen LogP contribution is -2.62.